The van der Waals surface area contributed by atoms with Crippen LogP contribution >= 0.6 is 0 Å². The zero-order chi connectivity index (χ0) is 19.3. The molecule has 7 nitrogen and oxygen atoms in total. The fourth-order valence-electron chi connectivity index (χ4n) is 3.78. The average Bonchev–Trinajstić information content (AvgIpc) is 3.39. The zero-order valence-corrected chi connectivity index (χ0v) is 16.2. The number of nitrogens with zero attached hydrogens (tertiary/aromatic N) is 2. The van der Waals surface area contributed by atoms with Crippen LogP contribution in [0.2, 0.25) is 0 Å². The second-order valence-corrected chi connectivity index (χ2v) is 7.91. The molecule has 0 aromatic rings. The third-order valence-electron chi connectivity index (χ3n) is 5.62. The van der Waals surface area contributed by atoms with Gasteiger partial charge in [0.15, 0.2) is 0 Å². The molecule has 1 atom stereocenters. The third-order valence-corrected chi connectivity index (χ3v) is 5.62. The van der Waals surface area contributed by atoms with Crippen molar-refractivity contribution in [2.75, 3.05) is 19.6 Å². The number of amides is 2. The number of carbonyl (C=O) groups is 3. The van der Waals surface area contributed by atoms with Gasteiger partial charge in [-0.2, -0.15) is 0 Å². The molecule has 0 radical (unpaired) electrons. The minimum absolute atomic E-state index is 0.0305. The number of carboxylic acids is 1. The van der Waals surface area contributed by atoms with Gasteiger partial charge < -0.3 is 15.3 Å². The summed E-state index contributed by atoms with van der Waals surface area (Å²) in [5.74, 6) is -0.355. The van der Waals surface area contributed by atoms with Crippen LogP contribution in [0.15, 0.2) is 0 Å². The quantitative estimate of drug-likeness (QED) is 0.644. The van der Waals surface area contributed by atoms with Crippen molar-refractivity contribution in [3.05, 3.63) is 0 Å². The van der Waals surface area contributed by atoms with Crippen LogP contribution in [0.3, 0.4) is 0 Å². The minimum Gasteiger partial charge on any atom is -0.480 e. The Balaban J connectivity index is 2.00. The first-order chi connectivity index (χ1) is 12.3. The zero-order valence-electron chi connectivity index (χ0n) is 16.2. The molecule has 0 saturated heterocycles. The molecule has 0 aliphatic heterocycles. The van der Waals surface area contributed by atoms with E-state index >= 15 is 0 Å². The van der Waals surface area contributed by atoms with Crippen molar-refractivity contribution in [3.8, 4) is 0 Å². The number of carbonyl (C=O) groups excluding carboxylic acids is 2. The second-order valence-electron chi connectivity index (χ2n) is 7.91. The lowest BCUT2D eigenvalue weighted by atomic mass is 9.86. The van der Waals surface area contributed by atoms with Crippen LogP contribution in [-0.4, -0.2) is 70.4 Å². The van der Waals surface area contributed by atoms with Crippen LogP contribution in [0.5, 0.6) is 0 Å². The summed E-state index contributed by atoms with van der Waals surface area (Å²) < 4.78 is 0. The Morgan fingerprint density at radius 1 is 1.08 bits per heavy atom. The standard InChI is InChI=1S/C19H33N3O4/c1-13-4-6-16(7-5-13)22(17-8-9-17)18(24)12-21(14(2)19(25)26)11-10-20-15(3)23/h13-14,16-17H,4-12H2,1-3H3,(H,20,23)(H,25,26). The molecule has 0 aromatic carbocycles. The highest BCUT2D eigenvalue weighted by molar-refractivity contribution is 5.81. The average molecular weight is 367 g/mol. The van der Waals surface area contributed by atoms with Crippen molar-refractivity contribution in [1.29, 1.82) is 0 Å². The third kappa shape index (κ3) is 5.97. The molecule has 2 aliphatic rings. The van der Waals surface area contributed by atoms with Crippen LogP contribution in [0, 0.1) is 5.92 Å². The van der Waals surface area contributed by atoms with Gasteiger partial charge in [0.05, 0.1) is 6.54 Å². The second kappa shape index (κ2) is 9.35. The molecule has 0 spiro atoms. The van der Waals surface area contributed by atoms with Gasteiger partial charge in [0.25, 0.3) is 0 Å². The predicted molar refractivity (Wildman–Crippen MR) is 98.6 cm³/mol. The first kappa shape index (κ1) is 20.7. The topological polar surface area (TPSA) is 90.0 Å². The lowest BCUT2D eigenvalue weighted by molar-refractivity contribution is -0.145. The fourth-order valence-corrected chi connectivity index (χ4v) is 3.78. The number of carboxylic acid groups (broad SMARTS) is 1. The number of rotatable bonds is 9. The molecule has 7 heteroatoms. The maximum atomic E-state index is 13.0. The maximum Gasteiger partial charge on any atom is 0.320 e. The van der Waals surface area contributed by atoms with E-state index in [1.807, 2.05) is 4.90 Å². The Hall–Kier alpha value is -1.63. The SMILES string of the molecule is CC(=O)NCCN(CC(=O)N(C1CCC(C)CC1)C1CC1)C(C)C(=O)O. The summed E-state index contributed by atoms with van der Waals surface area (Å²) >= 11 is 0. The molecule has 0 bridgehead atoms. The van der Waals surface area contributed by atoms with Crippen LogP contribution < -0.4 is 5.32 Å². The predicted octanol–water partition coefficient (Wildman–Crippen LogP) is 1.47. The van der Waals surface area contributed by atoms with E-state index in [0.29, 0.717) is 25.2 Å². The molecule has 2 N–H and O–H groups in total. The molecule has 1 unspecified atom stereocenters. The van der Waals surface area contributed by atoms with Gasteiger partial charge >= 0.3 is 5.97 Å². The molecule has 2 aliphatic carbocycles. The number of nitrogens with one attached hydrogen (secondary N) is 1. The summed E-state index contributed by atoms with van der Waals surface area (Å²) in [4.78, 5) is 39.2. The van der Waals surface area contributed by atoms with E-state index in [1.54, 1.807) is 11.8 Å². The Labute approximate surface area is 156 Å². The van der Waals surface area contributed by atoms with E-state index < -0.39 is 12.0 Å². The van der Waals surface area contributed by atoms with Crippen molar-refractivity contribution in [1.82, 2.24) is 15.1 Å². The van der Waals surface area contributed by atoms with E-state index in [-0.39, 0.29) is 18.4 Å². The van der Waals surface area contributed by atoms with Crippen LogP contribution in [0.25, 0.3) is 0 Å². The van der Waals surface area contributed by atoms with Gasteiger partial charge in [-0.05, 0) is 51.4 Å². The van der Waals surface area contributed by atoms with Gasteiger partial charge in [-0.1, -0.05) is 6.92 Å². The van der Waals surface area contributed by atoms with E-state index in [9.17, 15) is 19.5 Å². The summed E-state index contributed by atoms with van der Waals surface area (Å²) in [6, 6.07) is -0.137. The Kier molecular flexibility index (Phi) is 7.43. The van der Waals surface area contributed by atoms with Crippen molar-refractivity contribution in [2.45, 2.75) is 77.4 Å². The Morgan fingerprint density at radius 3 is 2.08 bits per heavy atom. The highest BCUT2D eigenvalue weighted by Crippen LogP contribution is 2.35. The summed E-state index contributed by atoms with van der Waals surface area (Å²) in [7, 11) is 0. The van der Waals surface area contributed by atoms with Gasteiger partial charge in [-0.3, -0.25) is 19.3 Å². The Bertz CT molecular complexity index is 513. The van der Waals surface area contributed by atoms with E-state index in [1.165, 1.54) is 6.92 Å². The number of hydrogen-bond acceptors (Lipinski definition) is 4. The van der Waals surface area contributed by atoms with E-state index in [4.69, 9.17) is 0 Å². The maximum absolute atomic E-state index is 13.0. The van der Waals surface area contributed by atoms with Crippen molar-refractivity contribution in [2.24, 2.45) is 5.92 Å². The molecule has 2 amide bonds. The first-order valence-corrected chi connectivity index (χ1v) is 9.82. The normalized spacial score (nSPS) is 24.2. The summed E-state index contributed by atoms with van der Waals surface area (Å²) in [6.07, 6.45) is 6.50. The van der Waals surface area contributed by atoms with Gasteiger partial charge in [-0.15, -0.1) is 0 Å². The molecule has 0 aromatic heterocycles. The van der Waals surface area contributed by atoms with Gasteiger partial charge in [-0.25, -0.2) is 0 Å². The summed E-state index contributed by atoms with van der Waals surface area (Å²) in [5, 5.41) is 12.0. The number of aliphatic carboxylic acids is 1. The smallest absolute Gasteiger partial charge is 0.320 e. The summed E-state index contributed by atoms with van der Waals surface area (Å²) in [6.45, 7) is 6.05. The lowest BCUT2D eigenvalue weighted by Crippen LogP contribution is -2.52. The molecular weight excluding hydrogens is 334 g/mol. The van der Waals surface area contributed by atoms with Crippen molar-refractivity contribution < 1.29 is 19.5 Å². The molecular formula is C19H33N3O4. The van der Waals surface area contributed by atoms with Crippen molar-refractivity contribution >= 4 is 17.8 Å². The molecule has 148 valence electrons. The lowest BCUT2D eigenvalue weighted by Gasteiger charge is -2.38. The molecule has 2 fully saturated rings. The molecule has 2 rings (SSSR count). The molecule has 0 heterocycles. The summed E-state index contributed by atoms with van der Waals surface area (Å²) in [5.41, 5.74) is 0. The van der Waals surface area contributed by atoms with E-state index in [0.717, 1.165) is 44.4 Å². The molecule has 2 saturated carbocycles. The van der Waals surface area contributed by atoms with Crippen LogP contribution in [0.4, 0.5) is 0 Å². The molecule has 26 heavy (non-hydrogen) atoms. The highest BCUT2D eigenvalue weighted by Gasteiger charge is 2.39. The van der Waals surface area contributed by atoms with Crippen LogP contribution in [-0.2, 0) is 14.4 Å². The largest absolute Gasteiger partial charge is 0.480 e. The van der Waals surface area contributed by atoms with Crippen molar-refractivity contribution in [3.63, 3.8) is 0 Å². The van der Waals surface area contributed by atoms with E-state index in [2.05, 4.69) is 12.2 Å². The van der Waals surface area contributed by atoms with Crippen LogP contribution in [0.1, 0.15) is 59.3 Å². The highest BCUT2D eigenvalue weighted by atomic mass is 16.4. The monoisotopic (exact) mass is 367 g/mol. The fraction of sp³-hybridized carbons (Fsp3) is 0.842. The first-order valence-electron chi connectivity index (χ1n) is 9.82. The number of hydrogen-bond donors (Lipinski definition) is 2. The Morgan fingerprint density at radius 2 is 1.62 bits per heavy atom. The van der Waals surface area contributed by atoms with Gasteiger partial charge in [0.2, 0.25) is 11.8 Å². The van der Waals surface area contributed by atoms with Gasteiger partial charge in [0, 0.05) is 32.1 Å². The minimum atomic E-state index is -0.954. The van der Waals surface area contributed by atoms with Gasteiger partial charge in [0.1, 0.15) is 6.04 Å².